The van der Waals surface area contributed by atoms with Crippen LogP contribution in [0.15, 0.2) is 66.0 Å². The normalized spacial score (nSPS) is 20.9. The fourth-order valence-electron chi connectivity index (χ4n) is 6.29. The summed E-state index contributed by atoms with van der Waals surface area (Å²) in [4.78, 5) is 18.8. The average Bonchev–Trinajstić information content (AvgIpc) is 3.88. The lowest BCUT2D eigenvalue weighted by molar-refractivity contribution is -0.0765. The lowest BCUT2D eigenvalue weighted by Crippen LogP contribution is -2.46. The first kappa shape index (κ1) is 28.5. The summed E-state index contributed by atoms with van der Waals surface area (Å²) in [5.41, 5.74) is 2.35. The Balaban J connectivity index is 0.895. The van der Waals surface area contributed by atoms with E-state index in [9.17, 15) is 4.79 Å². The molecule has 12 nitrogen and oxygen atoms in total. The molecule has 1 aliphatic carbocycles. The molecule has 4 aromatic rings. The third kappa shape index (κ3) is 6.34. The smallest absolute Gasteiger partial charge is 0.350 e. The van der Waals surface area contributed by atoms with Crippen LogP contribution in [0.3, 0.4) is 0 Å². The Morgan fingerprint density at radius 1 is 0.886 bits per heavy atom. The minimum atomic E-state index is -0.438. The summed E-state index contributed by atoms with van der Waals surface area (Å²) in [5.74, 6) is 0.689. The maximum atomic E-state index is 15.1. The first-order valence-corrected chi connectivity index (χ1v) is 15.4. The van der Waals surface area contributed by atoms with E-state index in [0.29, 0.717) is 50.1 Å². The van der Waals surface area contributed by atoms with Crippen LogP contribution in [0.5, 0.6) is 5.75 Å². The van der Waals surface area contributed by atoms with E-state index < -0.39 is 6.29 Å². The Hall–Kier alpha value is -4.23. The molecule has 0 unspecified atom stereocenters. The molecule has 1 saturated carbocycles. The molecule has 2 aromatic heterocycles. The Bertz CT molecular complexity index is 1580. The highest BCUT2D eigenvalue weighted by molar-refractivity contribution is 5.55. The lowest BCUT2D eigenvalue weighted by atomic mass is 10.1. The van der Waals surface area contributed by atoms with Crippen molar-refractivity contribution in [3.8, 4) is 11.4 Å². The van der Waals surface area contributed by atoms with E-state index in [2.05, 4.69) is 25.1 Å². The molecule has 13 heteroatoms. The van der Waals surface area contributed by atoms with Crippen LogP contribution in [0.2, 0.25) is 0 Å². The molecule has 2 aromatic carbocycles. The van der Waals surface area contributed by atoms with Gasteiger partial charge in [0.2, 0.25) is 0 Å². The standard InChI is InChI=1S/C31H37FN8O4/c32-28-17-26(42-20-27-21-43-30(44-27)19-40-33-11-12-34-40)9-10-29(28)37-15-13-36(14-16-37)24-5-7-25(8-6-24)38-22-35-39(31(38)41)18-23-3-1-2-4-23/h5-12,17,22-23,27,30H,1-4,13-16,18-21H2/t27-,30+/m0/s1. The second-order valence-electron chi connectivity index (χ2n) is 11.6. The van der Waals surface area contributed by atoms with Gasteiger partial charge in [-0.25, -0.2) is 18.4 Å². The van der Waals surface area contributed by atoms with Gasteiger partial charge in [0, 0.05) is 44.5 Å². The van der Waals surface area contributed by atoms with Crippen molar-refractivity contribution in [2.24, 2.45) is 5.92 Å². The molecule has 0 spiro atoms. The third-order valence-corrected chi connectivity index (χ3v) is 8.70. The number of hydrogen-bond donors (Lipinski definition) is 0. The summed E-state index contributed by atoms with van der Waals surface area (Å²) < 4.78 is 35.6. The fourth-order valence-corrected chi connectivity index (χ4v) is 6.29. The predicted octanol–water partition coefficient (Wildman–Crippen LogP) is 3.10. The van der Waals surface area contributed by atoms with Crippen molar-refractivity contribution >= 4 is 11.4 Å². The molecule has 7 rings (SSSR count). The largest absolute Gasteiger partial charge is 0.491 e. The Morgan fingerprint density at radius 3 is 2.36 bits per heavy atom. The van der Waals surface area contributed by atoms with Crippen LogP contribution in [0, 0.1) is 11.7 Å². The number of nitrogens with zero attached hydrogens (tertiary/aromatic N) is 8. The highest BCUT2D eigenvalue weighted by Crippen LogP contribution is 2.28. The summed E-state index contributed by atoms with van der Waals surface area (Å²) in [5, 5.41) is 12.5. The number of anilines is 2. The van der Waals surface area contributed by atoms with Crippen LogP contribution in [0.1, 0.15) is 25.7 Å². The zero-order chi connectivity index (χ0) is 29.9. The molecule has 2 atom stereocenters. The van der Waals surface area contributed by atoms with E-state index >= 15 is 4.39 Å². The highest BCUT2D eigenvalue weighted by atomic mass is 19.1. The first-order chi connectivity index (χ1) is 21.6. The summed E-state index contributed by atoms with van der Waals surface area (Å²) in [7, 11) is 0. The van der Waals surface area contributed by atoms with Crippen molar-refractivity contribution in [2.75, 3.05) is 49.2 Å². The molecule has 4 heterocycles. The molecule has 2 aliphatic heterocycles. The summed E-state index contributed by atoms with van der Waals surface area (Å²) in [6.45, 7) is 4.63. The van der Waals surface area contributed by atoms with Crippen molar-refractivity contribution in [2.45, 2.75) is 51.2 Å². The molecule has 0 amide bonds. The quantitative estimate of drug-likeness (QED) is 0.270. The van der Waals surface area contributed by atoms with Gasteiger partial charge in [0.05, 0.1) is 30.4 Å². The molecule has 2 saturated heterocycles. The van der Waals surface area contributed by atoms with Crippen LogP contribution >= 0.6 is 0 Å². The fraction of sp³-hybridized carbons (Fsp3) is 0.484. The van der Waals surface area contributed by atoms with Crippen molar-refractivity contribution in [3.05, 3.63) is 77.5 Å². The van der Waals surface area contributed by atoms with Gasteiger partial charge in [0.25, 0.3) is 0 Å². The van der Waals surface area contributed by atoms with Gasteiger partial charge < -0.3 is 24.0 Å². The highest BCUT2D eigenvalue weighted by Gasteiger charge is 2.28. The maximum Gasteiger partial charge on any atom is 0.350 e. The van der Waals surface area contributed by atoms with Crippen LogP contribution in [0.4, 0.5) is 15.8 Å². The van der Waals surface area contributed by atoms with Gasteiger partial charge in [-0.3, -0.25) is 0 Å². The second kappa shape index (κ2) is 12.8. The van der Waals surface area contributed by atoms with E-state index in [1.165, 1.54) is 36.5 Å². The number of hydrogen-bond acceptors (Lipinski definition) is 9. The van der Waals surface area contributed by atoms with Crippen molar-refractivity contribution in [1.82, 2.24) is 29.3 Å². The number of aromatic nitrogens is 6. The minimum absolute atomic E-state index is 0.0922. The van der Waals surface area contributed by atoms with Gasteiger partial charge in [-0.2, -0.15) is 20.1 Å². The minimum Gasteiger partial charge on any atom is -0.491 e. The Labute approximate surface area is 254 Å². The molecule has 232 valence electrons. The summed E-state index contributed by atoms with van der Waals surface area (Å²) >= 11 is 0. The predicted molar refractivity (Wildman–Crippen MR) is 161 cm³/mol. The molecule has 3 aliphatic rings. The maximum absolute atomic E-state index is 15.1. The number of ether oxygens (including phenoxy) is 3. The Kier molecular flexibility index (Phi) is 8.29. The molecule has 44 heavy (non-hydrogen) atoms. The Morgan fingerprint density at radius 2 is 1.61 bits per heavy atom. The number of halogens is 1. The van der Waals surface area contributed by atoms with Crippen LogP contribution in [-0.2, 0) is 22.6 Å². The second-order valence-corrected chi connectivity index (χ2v) is 11.6. The van der Waals surface area contributed by atoms with Crippen LogP contribution in [-0.4, -0.2) is 81.1 Å². The monoisotopic (exact) mass is 604 g/mol. The molecule has 0 bridgehead atoms. The zero-order valence-electron chi connectivity index (χ0n) is 24.6. The van der Waals surface area contributed by atoms with Crippen LogP contribution in [0.25, 0.3) is 5.69 Å². The first-order valence-electron chi connectivity index (χ1n) is 15.4. The summed E-state index contributed by atoms with van der Waals surface area (Å²) in [6.07, 6.45) is 8.97. The molecule has 3 fully saturated rings. The zero-order valence-corrected chi connectivity index (χ0v) is 24.6. The molecule has 0 N–H and O–H groups in total. The van der Waals surface area contributed by atoms with Crippen molar-refractivity contribution < 1.29 is 18.6 Å². The third-order valence-electron chi connectivity index (χ3n) is 8.70. The van der Waals surface area contributed by atoms with Crippen molar-refractivity contribution in [3.63, 3.8) is 0 Å². The van der Waals surface area contributed by atoms with Crippen LogP contribution < -0.4 is 20.2 Å². The van der Waals surface area contributed by atoms with Gasteiger partial charge in [-0.15, -0.1) is 0 Å². The van der Waals surface area contributed by atoms with E-state index in [1.54, 1.807) is 40.1 Å². The van der Waals surface area contributed by atoms with E-state index in [1.807, 2.05) is 24.3 Å². The average molecular weight is 605 g/mol. The van der Waals surface area contributed by atoms with Gasteiger partial charge in [0.15, 0.2) is 6.29 Å². The SMILES string of the molecule is O=c1n(-c2ccc(N3CCN(c4ccc(OC[C@H]5CO[C@@H](Cn6nccn6)O5)cc4F)CC3)cc2)cnn1CC1CCCC1. The summed E-state index contributed by atoms with van der Waals surface area (Å²) in [6, 6.07) is 13.0. The van der Waals surface area contributed by atoms with Gasteiger partial charge >= 0.3 is 5.69 Å². The molecular formula is C31H37FN8O4. The number of benzene rings is 2. The number of piperazine rings is 1. The van der Waals surface area contributed by atoms with Gasteiger partial charge in [0.1, 0.15) is 37.1 Å². The topological polar surface area (TPSA) is 105 Å². The number of rotatable bonds is 10. The van der Waals surface area contributed by atoms with Crippen molar-refractivity contribution in [1.29, 1.82) is 0 Å². The van der Waals surface area contributed by atoms with E-state index in [4.69, 9.17) is 14.2 Å². The molecule has 0 radical (unpaired) electrons. The lowest BCUT2D eigenvalue weighted by Gasteiger charge is -2.37. The van der Waals surface area contributed by atoms with Gasteiger partial charge in [-0.1, -0.05) is 12.8 Å². The molecular weight excluding hydrogens is 567 g/mol. The van der Waals surface area contributed by atoms with E-state index in [-0.39, 0.29) is 24.2 Å². The van der Waals surface area contributed by atoms with Gasteiger partial charge in [-0.05, 0) is 55.2 Å². The van der Waals surface area contributed by atoms with E-state index in [0.717, 1.165) is 24.5 Å².